The number of nitrogens with zero attached hydrogens (tertiary/aromatic N) is 3. The summed E-state index contributed by atoms with van der Waals surface area (Å²) in [5.41, 5.74) is 10.0. The molecule has 0 spiro atoms. The molecule has 1 saturated heterocycles. The fourth-order valence-corrected chi connectivity index (χ4v) is 5.85. The van der Waals surface area contributed by atoms with Gasteiger partial charge in [0.25, 0.3) is 17.7 Å². The number of anilines is 2. The van der Waals surface area contributed by atoms with Crippen LogP contribution in [0, 0.1) is 0 Å². The number of hydrogen-bond donors (Lipinski definition) is 3. The van der Waals surface area contributed by atoms with Crippen LogP contribution in [0.3, 0.4) is 0 Å². The van der Waals surface area contributed by atoms with Gasteiger partial charge in [-0.3, -0.25) is 14.4 Å². The number of rotatable bonds is 6. The van der Waals surface area contributed by atoms with Gasteiger partial charge in [0.05, 0.1) is 16.9 Å². The third kappa shape index (κ3) is 7.57. The zero-order valence-corrected chi connectivity index (χ0v) is 26.4. The molecule has 1 saturated carbocycles. The van der Waals surface area contributed by atoms with Crippen LogP contribution in [0.1, 0.15) is 83.1 Å². The molecule has 5 rings (SSSR count). The Morgan fingerprint density at radius 1 is 0.841 bits per heavy atom. The third-order valence-corrected chi connectivity index (χ3v) is 8.73. The van der Waals surface area contributed by atoms with Gasteiger partial charge in [0.1, 0.15) is 5.15 Å². The molecule has 0 unspecified atom stereocenters. The number of nitrogens with two attached hydrogens (primary N) is 1. The molecule has 2 heterocycles. The first-order valence-corrected chi connectivity index (χ1v) is 15.6. The molecule has 1 aliphatic heterocycles. The summed E-state index contributed by atoms with van der Waals surface area (Å²) in [6.07, 6.45) is 4.98. The minimum atomic E-state index is -0.255. The van der Waals surface area contributed by atoms with Crippen molar-refractivity contribution in [3.63, 3.8) is 0 Å². The largest absolute Gasteiger partial charge is 0.366 e. The van der Waals surface area contributed by atoms with Crippen LogP contribution in [-0.4, -0.2) is 65.9 Å². The lowest BCUT2D eigenvalue weighted by Gasteiger charge is -2.37. The molecule has 1 aromatic heterocycles. The highest BCUT2D eigenvalue weighted by Crippen LogP contribution is 2.30. The molecule has 9 nitrogen and oxygen atoms in total. The SMILES string of the molecule is CC(C)(C)c1ccc(C(=O)Nc2cc(C(=O)NC3CCC(N)CC3)ccc2N2CCN(C(=O)c3ccc(Cl)nc3)CC2)cc1. The van der Waals surface area contributed by atoms with Crippen LogP contribution in [0.25, 0.3) is 0 Å². The fourth-order valence-electron chi connectivity index (χ4n) is 5.74. The highest BCUT2D eigenvalue weighted by atomic mass is 35.5. The van der Waals surface area contributed by atoms with Gasteiger partial charge in [-0.05, 0) is 79.1 Å². The molecular formula is C34H41ClN6O3. The Bertz CT molecular complexity index is 1490. The number of carbonyl (C=O) groups excluding carboxylic acids is 3. The molecule has 1 aliphatic carbocycles. The first-order chi connectivity index (χ1) is 21.0. The molecule has 0 radical (unpaired) electrons. The van der Waals surface area contributed by atoms with Crippen LogP contribution in [0.2, 0.25) is 5.15 Å². The van der Waals surface area contributed by atoms with Crippen LogP contribution in [-0.2, 0) is 5.41 Å². The van der Waals surface area contributed by atoms with Crippen LogP contribution >= 0.6 is 11.6 Å². The van der Waals surface area contributed by atoms with E-state index in [0.29, 0.717) is 53.7 Å². The Hall–Kier alpha value is -3.95. The summed E-state index contributed by atoms with van der Waals surface area (Å²) in [6.45, 7) is 8.50. The van der Waals surface area contributed by atoms with Crippen molar-refractivity contribution in [3.8, 4) is 0 Å². The van der Waals surface area contributed by atoms with Crippen molar-refractivity contribution >= 4 is 40.7 Å². The van der Waals surface area contributed by atoms with E-state index in [9.17, 15) is 14.4 Å². The number of pyridine rings is 1. The lowest BCUT2D eigenvalue weighted by Crippen LogP contribution is -2.49. The van der Waals surface area contributed by atoms with Gasteiger partial charge in [-0.1, -0.05) is 44.5 Å². The Morgan fingerprint density at radius 2 is 1.48 bits per heavy atom. The van der Waals surface area contributed by atoms with E-state index in [-0.39, 0.29) is 35.2 Å². The van der Waals surface area contributed by atoms with Crippen molar-refractivity contribution in [2.75, 3.05) is 36.4 Å². The van der Waals surface area contributed by atoms with Gasteiger partial charge in [-0.25, -0.2) is 4.98 Å². The summed E-state index contributed by atoms with van der Waals surface area (Å²) >= 11 is 5.89. The van der Waals surface area contributed by atoms with Crippen molar-refractivity contribution in [3.05, 3.63) is 88.2 Å². The zero-order valence-electron chi connectivity index (χ0n) is 25.6. The summed E-state index contributed by atoms with van der Waals surface area (Å²) in [5, 5.41) is 6.56. The van der Waals surface area contributed by atoms with Crippen molar-refractivity contribution in [2.24, 2.45) is 5.73 Å². The maximum absolute atomic E-state index is 13.5. The number of halogens is 1. The van der Waals surface area contributed by atoms with Gasteiger partial charge in [-0.15, -0.1) is 0 Å². The second-order valence-electron chi connectivity index (χ2n) is 12.7. The van der Waals surface area contributed by atoms with Crippen LogP contribution < -0.4 is 21.3 Å². The first kappa shape index (κ1) is 31.5. The molecule has 2 aromatic carbocycles. The van der Waals surface area contributed by atoms with Crippen molar-refractivity contribution in [1.29, 1.82) is 0 Å². The second-order valence-corrected chi connectivity index (χ2v) is 13.1. The molecular weight excluding hydrogens is 576 g/mol. The molecule has 3 amide bonds. The van der Waals surface area contributed by atoms with Crippen molar-refractivity contribution < 1.29 is 14.4 Å². The van der Waals surface area contributed by atoms with E-state index < -0.39 is 0 Å². The van der Waals surface area contributed by atoms with E-state index in [0.717, 1.165) is 36.9 Å². The van der Waals surface area contributed by atoms with Crippen molar-refractivity contribution in [2.45, 2.75) is 64.0 Å². The van der Waals surface area contributed by atoms with Gasteiger partial charge in [0.15, 0.2) is 0 Å². The van der Waals surface area contributed by atoms with Crippen LogP contribution in [0.5, 0.6) is 0 Å². The lowest BCUT2D eigenvalue weighted by molar-refractivity contribution is 0.0746. The normalized spacial score (nSPS) is 18.9. The van der Waals surface area contributed by atoms with Crippen LogP contribution in [0.4, 0.5) is 11.4 Å². The molecule has 0 atom stereocenters. The van der Waals surface area contributed by atoms with E-state index in [4.69, 9.17) is 17.3 Å². The van der Waals surface area contributed by atoms with Gasteiger partial charge >= 0.3 is 0 Å². The molecule has 232 valence electrons. The van der Waals surface area contributed by atoms with E-state index in [2.05, 4.69) is 41.3 Å². The van der Waals surface area contributed by atoms with Crippen molar-refractivity contribution in [1.82, 2.24) is 15.2 Å². The quantitative estimate of drug-likeness (QED) is 0.326. The summed E-state index contributed by atoms with van der Waals surface area (Å²) in [5.74, 6) is -0.527. The Morgan fingerprint density at radius 3 is 2.09 bits per heavy atom. The van der Waals surface area contributed by atoms with E-state index in [1.807, 2.05) is 30.3 Å². The van der Waals surface area contributed by atoms with Crippen LogP contribution in [0.15, 0.2) is 60.8 Å². The van der Waals surface area contributed by atoms with E-state index in [1.165, 1.54) is 6.20 Å². The highest BCUT2D eigenvalue weighted by Gasteiger charge is 2.26. The Kier molecular flexibility index (Phi) is 9.56. The summed E-state index contributed by atoms with van der Waals surface area (Å²) < 4.78 is 0. The first-order valence-electron chi connectivity index (χ1n) is 15.3. The maximum Gasteiger partial charge on any atom is 0.255 e. The fraction of sp³-hybridized carbons (Fsp3) is 0.412. The lowest BCUT2D eigenvalue weighted by atomic mass is 9.86. The van der Waals surface area contributed by atoms with Gasteiger partial charge < -0.3 is 26.2 Å². The minimum Gasteiger partial charge on any atom is -0.366 e. The number of carbonyl (C=O) groups is 3. The average molecular weight is 617 g/mol. The number of benzene rings is 2. The number of piperazine rings is 1. The Labute approximate surface area is 264 Å². The second kappa shape index (κ2) is 13.4. The molecule has 3 aromatic rings. The molecule has 2 aliphatic rings. The predicted molar refractivity (Wildman–Crippen MR) is 175 cm³/mol. The number of nitrogens with one attached hydrogen (secondary N) is 2. The number of hydrogen-bond acceptors (Lipinski definition) is 6. The molecule has 44 heavy (non-hydrogen) atoms. The zero-order chi connectivity index (χ0) is 31.4. The standard InChI is InChI=1S/C34H41ClN6O3/c1-34(2,3)25-8-4-22(5-9-25)31(42)39-28-20-23(32(43)38-27-12-10-26(36)11-13-27)6-14-29(28)40-16-18-41(19-17-40)33(44)24-7-15-30(35)37-21-24/h4-9,14-15,20-21,26-27H,10-13,16-19,36H2,1-3H3,(H,38,43)(H,39,42). The van der Waals surface area contributed by atoms with E-state index in [1.54, 1.807) is 29.2 Å². The molecule has 2 fully saturated rings. The highest BCUT2D eigenvalue weighted by molar-refractivity contribution is 6.29. The molecule has 0 bridgehead atoms. The monoisotopic (exact) mass is 616 g/mol. The molecule has 10 heteroatoms. The smallest absolute Gasteiger partial charge is 0.255 e. The topological polar surface area (TPSA) is 121 Å². The van der Waals surface area contributed by atoms with Gasteiger partial charge in [0.2, 0.25) is 0 Å². The predicted octanol–water partition coefficient (Wildman–Crippen LogP) is 5.25. The minimum absolute atomic E-state index is 0.0269. The van der Waals surface area contributed by atoms with Gasteiger partial charge in [0, 0.05) is 55.6 Å². The number of amides is 3. The van der Waals surface area contributed by atoms with Gasteiger partial charge in [-0.2, -0.15) is 0 Å². The summed E-state index contributed by atoms with van der Waals surface area (Å²) in [6, 6.07) is 16.6. The van der Waals surface area contributed by atoms with E-state index >= 15 is 0 Å². The molecule has 4 N–H and O–H groups in total. The Balaban J connectivity index is 1.34. The summed E-state index contributed by atoms with van der Waals surface area (Å²) in [4.78, 5) is 47.7. The number of aromatic nitrogens is 1. The maximum atomic E-state index is 13.5. The average Bonchev–Trinajstić information content (AvgIpc) is 3.02. The third-order valence-electron chi connectivity index (χ3n) is 8.51. The summed E-state index contributed by atoms with van der Waals surface area (Å²) in [7, 11) is 0.